The maximum Gasteiger partial charge on any atom is 0.416 e. The van der Waals surface area contributed by atoms with Gasteiger partial charge in [-0.05, 0) is 24.8 Å². The van der Waals surface area contributed by atoms with E-state index in [0.717, 1.165) is 31.2 Å². The molecule has 1 aromatic heterocycles. The van der Waals surface area contributed by atoms with Crippen LogP contribution in [0.15, 0.2) is 18.3 Å². The highest BCUT2D eigenvalue weighted by molar-refractivity contribution is 5.77. The molecule has 1 amide bonds. The number of rotatable bonds is 4. The van der Waals surface area contributed by atoms with Gasteiger partial charge in [-0.25, -0.2) is 4.98 Å². The molecule has 1 saturated heterocycles. The average molecular weight is 328 g/mol. The van der Waals surface area contributed by atoms with Crippen LogP contribution in [0.4, 0.5) is 13.2 Å². The second-order valence-electron chi connectivity index (χ2n) is 6.27. The number of pyridine rings is 1. The Labute approximate surface area is 132 Å². The molecule has 23 heavy (non-hydrogen) atoms. The molecule has 0 radical (unpaired) electrons. The number of hydrogen-bond donors (Lipinski definition) is 0. The van der Waals surface area contributed by atoms with Gasteiger partial charge in [0, 0.05) is 18.7 Å². The van der Waals surface area contributed by atoms with E-state index in [4.69, 9.17) is 4.74 Å². The Balaban J connectivity index is 1.47. The maximum absolute atomic E-state index is 12.6. The molecule has 0 spiro atoms. The molecule has 2 aliphatic rings. The molecule has 0 atom stereocenters. The number of alkyl halides is 3. The van der Waals surface area contributed by atoms with E-state index < -0.39 is 11.7 Å². The molecule has 0 unspecified atom stereocenters. The standard InChI is InChI=1S/C16H19F3N2O2/c17-16(18,19)12-5-6-20-14(8-12)23-13-9-21(10-13)15(22)7-11-3-1-2-4-11/h5-6,8,11,13H,1-4,7,9-10H2. The Morgan fingerprint density at radius 3 is 2.65 bits per heavy atom. The van der Waals surface area contributed by atoms with Crippen molar-refractivity contribution < 1.29 is 22.7 Å². The summed E-state index contributed by atoms with van der Waals surface area (Å²) in [6.45, 7) is 0.840. The smallest absolute Gasteiger partial charge is 0.416 e. The minimum absolute atomic E-state index is 0.0484. The van der Waals surface area contributed by atoms with Gasteiger partial charge in [-0.3, -0.25) is 4.79 Å². The first kappa shape index (κ1) is 16.1. The van der Waals surface area contributed by atoms with Crippen LogP contribution >= 0.6 is 0 Å². The van der Waals surface area contributed by atoms with Crippen LogP contribution in [-0.4, -0.2) is 35.0 Å². The number of likely N-dealkylation sites (tertiary alicyclic amines) is 1. The van der Waals surface area contributed by atoms with E-state index in [0.29, 0.717) is 25.4 Å². The summed E-state index contributed by atoms with van der Waals surface area (Å²) in [6.07, 6.45) is 1.61. The fourth-order valence-electron chi connectivity index (χ4n) is 3.13. The SMILES string of the molecule is O=C(CC1CCCC1)N1CC(Oc2cc(C(F)(F)F)ccn2)C1. The number of ether oxygens (including phenoxy) is 1. The van der Waals surface area contributed by atoms with Crippen molar-refractivity contribution in [3.8, 4) is 5.88 Å². The third-order valence-electron chi connectivity index (χ3n) is 4.49. The molecule has 1 aromatic rings. The molecule has 1 aliphatic carbocycles. The first-order valence-corrected chi connectivity index (χ1v) is 7.89. The third-order valence-corrected chi connectivity index (χ3v) is 4.49. The Bertz CT molecular complexity index is 565. The highest BCUT2D eigenvalue weighted by atomic mass is 19.4. The quantitative estimate of drug-likeness (QED) is 0.852. The Morgan fingerprint density at radius 2 is 2.00 bits per heavy atom. The Hall–Kier alpha value is -1.79. The fraction of sp³-hybridized carbons (Fsp3) is 0.625. The predicted octanol–water partition coefficient (Wildman–Crippen LogP) is 3.27. The van der Waals surface area contributed by atoms with Crippen molar-refractivity contribution >= 4 is 5.91 Å². The van der Waals surface area contributed by atoms with Crippen LogP contribution in [-0.2, 0) is 11.0 Å². The van der Waals surface area contributed by atoms with Crippen LogP contribution in [0.2, 0.25) is 0 Å². The van der Waals surface area contributed by atoms with Crippen LogP contribution in [0.25, 0.3) is 0 Å². The fourth-order valence-corrected chi connectivity index (χ4v) is 3.13. The lowest BCUT2D eigenvalue weighted by Gasteiger charge is -2.39. The third kappa shape index (κ3) is 3.95. The number of nitrogens with zero attached hydrogens (tertiary/aromatic N) is 2. The summed E-state index contributed by atoms with van der Waals surface area (Å²) < 4.78 is 43.3. The largest absolute Gasteiger partial charge is 0.471 e. The van der Waals surface area contributed by atoms with E-state index in [1.54, 1.807) is 4.90 Å². The summed E-state index contributed by atoms with van der Waals surface area (Å²) >= 11 is 0. The van der Waals surface area contributed by atoms with Crippen LogP contribution in [0.3, 0.4) is 0 Å². The maximum atomic E-state index is 12.6. The van der Waals surface area contributed by atoms with Crippen LogP contribution in [0, 0.1) is 5.92 Å². The van der Waals surface area contributed by atoms with Gasteiger partial charge in [0.15, 0.2) is 0 Å². The van der Waals surface area contributed by atoms with Gasteiger partial charge in [0.1, 0.15) is 6.10 Å². The highest BCUT2D eigenvalue weighted by Crippen LogP contribution is 2.31. The number of carbonyl (C=O) groups excluding carboxylic acids is 1. The molecular formula is C16H19F3N2O2. The molecule has 0 N–H and O–H groups in total. The molecule has 2 heterocycles. The van der Waals surface area contributed by atoms with Crippen molar-refractivity contribution in [3.63, 3.8) is 0 Å². The van der Waals surface area contributed by atoms with E-state index in [9.17, 15) is 18.0 Å². The first-order valence-electron chi connectivity index (χ1n) is 7.89. The molecule has 3 rings (SSSR count). The normalized spacial score (nSPS) is 19.7. The highest BCUT2D eigenvalue weighted by Gasteiger charge is 2.35. The molecule has 4 nitrogen and oxygen atoms in total. The summed E-state index contributed by atoms with van der Waals surface area (Å²) in [5.74, 6) is 0.564. The van der Waals surface area contributed by atoms with Crippen molar-refractivity contribution in [1.29, 1.82) is 0 Å². The monoisotopic (exact) mass is 328 g/mol. The summed E-state index contributed by atoms with van der Waals surface area (Å²) in [6, 6.07) is 1.80. The molecular weight excluding hydrogens is 309 g/mol. The van der Waals surface area contributed by atoms with Crippen molar-refractivity contribution in [2.24, 2.45) is 5.92 Å². The number of aromatic nitrogens is 1. The minimum atomic E-state index is -4.41. The number of halogens is 3. The number of carbonyl (C=O) groups is 1. The minimum Gasteiger partial charge on any atom is -0.471 e. The zero-order valence-electron chi connectivity index (χ0n) is 12.7. The molecule has 0 bridgehead atoms. The summed E-state index contributed by atoms with van der Waals surface area (Å²) in [7, 11) is 0. The van der Waals surface area contributed by atoms with Crippen molar-refractivity contribution in [1.82, 2.24) is 9.88 Å². The van der Waals surface area contributed by atoms with Gasteiger partial charge >= 0.3 is 6.18 Å². The zero-order valence-corrected chi connectivity index (χ0v) is 12.7. The van der Waals surface area contributed by atoms with Gasteiger partial charge in [-0.15, -0.1) is 0 Å². The van der Waals surface area contributed by atoms with Gasteiger partial charge in [0.2, 0.25) is 11.8 Å². The molecule has 2 fully saturated rings. The van der Waals surface area contributed by atoms with Gasteiger partial charge in [-0.2, -0.15) is 13.2 Å². The Morgan fingerprint density at radius 1 is 1.30 bits per heavy atom. The van der Waals surface area contributed by atoms with Crippen molar-refractivity contribution in [2.75, 3.05) is 13.1 Å². The van der Waals surface area contributed by atoms with E-state index in [1.807, 2.05) is 0 Å². The van der Waals surface area contributed by atoms with Gasteiger partial charge in [0.25, 0.3) is 0 Å². The zero-order chi connectivity index (χ0) is 16.4. The summed E-state index contributed by atoms with van der Waals surface area (Å²) in [5, 5.41) is 0. The van der Waals surface area contributed by atoms with E-state index >= 15 is 0 Å². The van der Waals surface area contributed by atoms with E-state index in [1.165, 1.54) is 12.8 Å². The van der Waals surface area contributed by atoms with Gasteiger partial charge < -0.3 is 9.64 Å². The number of hydrogen-bond acceptors (Lipinski definition) is 3. The lowest BCUT2D eigenvalue weighted by molar-refractivity contribution is -0.141. The molecule has 7 heteroatoms. The van der Waals surface area contributed by atoms with Crippen LogP contribution < -0.4 is 4.74 Å². The van der Waals surface area contributed by atoms with Gasteiger partial charge in [-0.1, -0.05) is 12.8 Å². The van der Waals surface area contributed by atoms with Crippen LogP contribution in [0.5, 0.6) is 5.88 Å². The Kier molecular flexibility index (Phi) is 4.46. The van der Waals surface area contributed by atoms with Crippen molar-refractivity contribution in [2.45, 2.75) is 44.4 Å². The topological polar surface area (TPSA) is 42.4 Å². The molecule has 1 aliphatic heterocycles. The van der Waals surface area contributed by atoms with E-state index in [2.05, 4.69) is 4.98 Å². The first-order chi connectivity index (χ1) is 10.9. The molecule has 126 valence electrons. The average Bonchev–Trinajstić information content (AvgIpc) is 2.94. The molecule has 0 aromatic carbocycles. The van der Waals surface area contributed by atoms with Crippen molar-refractivity contribution in [3.05, 3.63) is 23.9 Å². The lowest BCUT2D eigenvalue weighted by atomic mass is 10.0. The predicted molar refractivity (Wildman–Crippen MR) is 76.8 cm³/mol. The summed E-state index contributed by atoms with van der Waals surface area (Å²) in [4.78, 5) is 17.6. The second-order valence-corrected chi connectivity index (χ2v) is 6.27. The summed E-state index contributed by atoms with van der Waals surface area (Å²) in [5.41, 5.74) is -0.781. The van der Waals surface area contributed by atoms with Crippen LogP contribution in [0.1, 0.15) is 37.7 Å². The lowest BCUT2D eigenvalue weighted by Crippen LogP contribution is -2.56. The second kappa shape index (κ2) is 6.37. The van der Waals surface area contributed by atoms with E-state index in [-0.39, 0.29) is 17.9 Å². The van der Waals surface area contributed by atoms with Gasteiger partial charge in [0.05, 0.1) is 18.7 Å². The number of amides is 1. The molecule has 1 saturated carbocycles.